The first-order chi connectivity index (χ1) is 7.19. The number of rotatable bonds is 4. The highest BCUT2D eigenvalue weighted by atomic mass is 15.1. The molecule has 0 bridgehead atoms. The van der Waals surface area contributed by atoms with Crippen molar-refractivity contribution < 1.29 is 0 Å². The monoisotopic (exact) mass is 225 g/mol. The molecule has 1 rings (SSSR count). The number of guanidine groups is 1. The van der Waals surface area contributed by atoms with E-state index in [-0.39, 0.29) is 0 Å². The summed E-state index contributed by atoms with van der Waals surface area (Å²) < 4.78 is 0. The lowest BCUT2D eigenvalue weighted by Crippen LogP contribution is -2.34. The molecule has 1 aliphatic carbocycles. The molecule has 3 nitrogen and oxygen atoms in total. The zero-order valence-corrected chi connectivity index (χ0v) is 11.6. The molecule has 16 heavy (non-hydrogen) atoms. The van der Waals surface area contributed by atoms with Crippen molar-refractivity contribution in [3.63, 3.8) is 0 Å². The van der Waals surface area contributed by atoms with Gasteiger partial charge in [-0.15, -0.1) is 0 Å². The normalized spacial score (nSPS) is 23.6. The molecule has 1 aliphatic rings. The van der Waals surface area contributed by atoms with E-state index in [0.29, 0.717) is 28.6 Å². The Morgan fingerprint density at radius 3 is 2.12 bits per heavy atom. The summed E-state index contributed by atoms with van der Waals surface area (Å²) in [6.07, 6.45) is 0. The van der Waals surface area contributed by atoms with Crippen LogP contribution < -0.4 is 11.1 Å². The van der Waals surface area contributed by atoms with Crippen LogP contribution in [0.25, 0.3) is 0 Å². The largest absolute Gasteiger partial charge is 0.370 e. The Bertz CT molecular complexity index is 263. The molecule has 1 fully saturated rings. The molecule has 0 aliphatic heterocycles. The van der Waals surface area contributed by atoms with Crippen molar-refractivity contribution in [1.82, 2.24) is 5.32 Å². The maximum atomic E-state index is 5.81. The molecular weight excluding hydrogens is 198 g/mol. The Morgan fingerprint density at radius 1 is 1.25 bits per heavy atom. The lowest BCUT2D eigenvalue weighted by atomic mass is 10.0. The average Bonchev–Trinajstić information content (AvgIpc) is 2.51. The summed E-state index contributed by atoms with van der Waals surface area (Å²) in [5.74, 6) is 1.84. The fourth-order valence-electron chi connectivity index (χ4n) is 2.39. The van der Waals surface area contributed by atoms with E-state index >= 15 is 0 Å². The molecule has 0 aromatic rings. The smallest absolute Gasteiger partial charge is 0.188 e. The summed E-state index contributed by atoms with van der Waals surface area (Å²) in [4.78, 5) is 4.30. The maximum Gasteiger partial charge on any atom is 0.188 e. The van der Waals surface area contributed by atoms with Gasteiger partial charge in [-0.25, -0.2) is 0 Å². The van der Waals surface area contributed by atoms with Crippen LogP contribution in [0.4, 0.5) is 0 Å². The molecule has 3 heteroatoms. The highest BCUT2D eigenvalue weighted by Crippen LogP contribution is 2.67. The van der Waals surface area contributed by atoms with E-state index in [1.807, 2.05) is 0 Å². The second kappa shape index (κ2) is 4.27. The molecule has 0 aromatic carbocycles. The van der Waals surface area contributed by atoms with Crippen LogP contribution in [0.2, 0.25) is 0 Å². The lowest BCUT2D eigenvalue weighted by Gasteiger charge is -2.07. The van der Waals surface area contributed by atoms with E-state index < -0.39 is 0 Å². The molecule has 0 saturated heterocycles. The van der Waals surface area contributed by atoms with Gasteiger partial charge in [-0.1, -0.05) is 41.5 Å². The van der Waals surface area contributed by atoms with Crippen LogP contribution in [0.15, 0.2) is 4.99 Å². The van der Waals surface area contributed by atoms with Crippen LogP contribution in [0, 0.1) is 22.7 Å². The van der Waals surface area contributed by atoms with Gasteiger partial charge in [0.15, 0.2) is 5.96 Å². The molecule has 0 unspecified atom stereocenters. The minimum absolute atomic E-state index is 0.415. The zero-order valence-electron chi connectivity index (χ0n) is 11.6. The number of hydrogen-bond acceptors (Lipinski definition) is 1. The standard InChI is InChI=1S/C13H27N3/c1-9(2)7-15-11(14)16-8-10-12(3,4)13(10,5)6/h9-10H,7-8H2,1-6H3,(H3,14,15,16). The van der Waals surface area contributed by atoms with Gasteiger partial charge in [0, 0.05) is 13.1 Å². The van der Waals surface area contributed by atoms with Gasteiger partial charge in [-0.05, 0) is 22.7 Å². The summed E-state index contributed by atoms with van der Waals surface area (Å²) in [6.45, 7) is 15.3. The van der Waals surface area contributed by atoms with Gasteiger partial charge in [-0.3, -0.25) is 4.99 Å². The van der Waals surface area contributed by atoms with Crippen molar-refractivity contribution >= 4 is 5.96 Å². The summed E-state index contributed by atoms with van der Waals surface area (Å²) in [5, 5.41) is 3.24. The van der Waals surface area contributed by atoms with Crippen molar-refractivity contribution in [3.8, 4) is 0 Å². The third kappa shape index (κ3) is 2.50. The van der Waals surface area contributed by atoms with Gasteiger partial charge < -0.3 is 11.1 Å². The Balaban J connectivity index is 2.35. The molecule has 0 radical (unpaired) electrons. The molecule has 0 atom stereocenters. The topological polar surface area (TPSA) is 50.4 Å². The van der Waals surface area contributed by atoms with Gasteiger partial charge in [0.25, 0.3) is 0 Å². The summed E-state index contributed by atoms with van der Waals surface area (Å²) >= 11 is 0. The van der Waals surface area contributed by atoms with Gasteiger partial charge in [0.05, 0.1) is 0 Å². The van der Waals surface area contributed by atoms with Crippen molar-refractivity contribution in [3.05, 3.63) is 0 Å². The summed E-state index contributed by atoms with van der Waals surface area (Å²) in [6, 6.07) is 0. The van der Waals surface area contributed by atoms with Crippen molar-refractivity contribution in [1.29, 1.82) is 0 Å². The quantitative estimate of drug-likeness (QED) is 0.569. The fraction of sp³-hybridized carbons (Fsp3) is 0.923. The first kappa shape index (κ1) is 13.3. The van der Waals surface area contributed by atoms with Crippen LogP contribution in [0.1, 0.15) is 41.5 Å². The van der Waals surface area contributed by atoms with Crippen LogP contribution in [0.5, 0.6) is 0 Å². The first-order valence-electron chi connectivity index (χ1n) is 6.23. The fourth-order valence-corrected chi connectivity index (χ4v) is 2.39. The number of nitrogens with one attached hydrogen (secondary N) is 1. The minimum Gasteiger partial charge on any atom is -0.370 e. The molecule has 1 saturated carbocycles. The molecule has 0 amide bonds. The highest BCUT2D eigenvalue weighted by Gasteiger charge is 2.64. The van der Waals surface area contributed by atoms with E-state index in [9.17, 15) is 0 Å². The zero-order chi connectivity index (χ0) is 12.6. The molecule has 3 N–H and O–H groups in total. The Kier molecular flexibility index (Phi) is 3.56. The molecule has 0 heterocycles. The van der Waals surface area contributed by atoms with Crippen molar-refractivity contribution in [2.24, 2.45) is 33.4 Å². The molecule has 0 aromatic heterocycles. The second-order valence-corrected chi connectivity index (χ2v) is 6.50. The minimum atomic E-state index is 0.415. The van der Waals surface area contributed by atoms with Crippen LogP contribution in [-0.4, -0.2) is 19.0 Å². The van der Waals surface area contributed by atoms with Crippen molar-refractivity contribution in [2.45, 2.75) is 41.5 Å². The maximum absolute atomic E-state index is 5.81. The second-order valence-electron chi connectivity index (χ2n) is 6.50. The highest BCUT2D eigenvalue weighted by molar-refractivity contribution is 5.77. The van der Waals surface area contributed by atoms with Gasteiger partial charge in [-0.2, -0.15) is 0 Å². The third-order valence-corrected chi connectivity index (χ3v) is 4.43. The van der Waals surface area contributed by atoms with Gasteiger partial charge in [0.1, 0.15) is 0 Å². The summed E-state index contributed by atoms with van der Waals surface area (Å²) in [5.41, 5.74) is 6.64. The number of nitrogens with zero attached hydrogens (tertiary/aromatic N) is 1. The number of hydrogen-bond donors (Lipinski definition) is 2. The molecule has 94 valence electrons. The SMILES string of the molecule is CC(C)CN=C(N)NCC1C(C)(C)C1(C)C. The Hall–Kier alpha value is -0.730. The predicted octanol–water partition coefficient (Wildman–Crippen LogP) is 2.23. The van der Waals surface area contributed by atoms with Crippen LogP contribution in [0.3, 0.4) is 0 Å². The average molecular weight is 225 g/mol. The summed E-state index contributed by atoms with van der Waals surface area (Å²) in [7, 11) is 0. The van der Waals surface area contributed by atoms with Crippen LogP contribution >= 0.6 is 0 Å². The van der Waals surface area contributed by atoms with Gasteiger partial charge >= 0.3 is 0 Å². The van der Waals surface area contributed by atoms with Crippen molar-refractivity contribution in [2.75, 3.05) is 13.1 Å². The number of nitrogens with two attached hydrogens (primary N) is 1. The van der Waals surface area contributed by atoms with E-state index in [2.05, 4.69) is 51.9 Å². The lowest BCUT2D eigenvalue weighted by molar-refractivity contribution is 0.457. The Morgan fingerprint density at radius 2 is 1.75 bits per heavy atom. The first-order valence-corrected chi connectivity index (χ1v) is 6.23. The van der Waals surface area contributed by atoms with E-state index in [1.54, 1.807) is 0 Å². The van der Waals surface area contributed by atoms with E-state index in [0.717, 1.165) is 13.1 Å². The third-order valence-electron chi connectivity index (χ3n) is 4.43. The Labute approximate surface area is 99.9 Å². The van der Waals surface area contributed by atoms with E-state index in [1.165, 1.54) is 0 Å². The predicted molar refractivity (Wildman–Crippen MR) is 70.4 cm³/mol. The van der Waals surface area contributed by atoms with E-state index in [4.69, 9.17) is 5.73 Å². The molecular formula is C13H27N3. The van der Waals surface area contributed by atoms with Crippen LogP contribution in [-0.2, 0) is 0 Å². The van der Waals surface area contributed by atoms with Gasteiger partial charge in [0.2, 0.25) is 0 Å². The molecule has 0 spiro atoms. The number of aliphatic imine (C=N–C) groups is 1.